The molecular formula is C23H29N5O4. The molecule has 0 aliphatic carbocycles. The van der Waals surface area contributed by atoms with Crippen molar-refractivity contribution in [1.82, 2.24) is 24.9 Å². The minimum absolute atomic E-state index is 0.0841. The molecule has 2 aromatic rings. The average Bonchev–Trinajstić information content (AvgIpc) is 3.17. The summed E-state index contributed by atoms with van der Waals surface area (Å²) in [6, 6.07) is 9.66. The minimum Gasteiger partial charge on any atom is -0.378 e. The Morgan fingerprint density at radius 2 is 1.78 bits per heavy atom. The number of carbonyl (C=O) groups is 3. The van der Waals surface area contributed by atoms with E-state index in [1.54, 1.807) is 14.5 Å². The van der Waals surface area contributed by atoms with Gasteiger partial charge in [-0.2, -0.15) is 5.10 Å². The first-order valence-corrected chi connectivity index (χ1v) is 11.0. The fourth-order valence-electron chi connectivity index (χ4n) is 4.16. The van der Waals surface area contributed by atoms with E-state index in [0.717, 1.165) is 16.8 Å². The van der Waals surface area contributed by atoms with Crippen LogP contribution in [0, 0.1) is 0 Å². The number of morpholine rings is 1. The summed E-state index contributed by atoms with van der Waals surface area (Å²) in [6.45, 7) is 3.50. The third-order valence-electron chi connectivity index (χ3n) is 5.99. The van der Waals surface area contributed by atoms with E-state index in [9.17, 15) is 14.4 Å². The Morgan fingerprint density at radius 3 is 2.53 bits per heavy atom. The second-order valence-electron chi connectivity index (χ2n) is 8.13. The molecule has 1 aromatic heterocycles. The number of hydrogen-bond acceptors (Lipinski definition) is 5. The molecule has 0 spiro atoms. The van der Waals surface area contributed by atoms with E-state index in [0.29, 0.717) is 58.1 Å². The topological polar surface area (TPSA) is 96.8 Å². The molecule has 4 rings (SSSR count). The molecule has 1 saturated heterocycles. The molecule has 32 heavy (non-hydrogen) atoms. The summed E-state index contributed by atoms with van der Waals surface area (Å²) in [5.74, 6) is -0.344. The first-order chi connectivity index (χ1) is 15.5. The Labute approximate surface area is 187 Å². The van der Waals surface area contributed by atoms with Crippen molar-refractivity contribution in [3.8, 4) is 0 Å². The van der Waals surface area contributed by atoms with Crippen LogP contribution in [-0.2, 0) is 40.9 Å². The van der Waals surface area contributed by atoms with Gasteiger partial charge in [0.25, 0.3) is 5.91 Å². The second kappa shape index (κ2) is 9.95. The summed E-state index contributed by atoms with van der Waals surface area (Å²) in [5, 5.41) is 7.32. The molecule has 3 heterocycles. The number of aromatic nitrogens is 2. The highest BCUT2D eigenvalue weighted by atomic mass is 16.5. The number of rotatable bonds is 6. The number of nitrogens with zero attached hydrogens (tertiary/aromatic N) is 4. The monoisotopic (exact) mass is 439 g/mol. The summed E-state index contributed by atoms with van der Waals surface area (Å²) in [6.07, 6.45) is 0.922. The van der Waals surface area contributed by atoms with Gasteiger partial charge in [-0.05, 0) is 5.56 Å². The predicted octanol–water partition coefficient (Wildman–Crippen LogP) is 0.874. The zero-order valence-corrected chi connectivity index (χ0v) is 18.4. The summed E-state index contributed by atoms with van der Waals surface area (Å²) < 4.78 is 7.09. The van der Waals surface area contributed by atoms with Crippen LogP contribution < -0.4 is 5.32 Å². The zero-order chi connectivity index (χ0) is 22.5. The molecule has 1 aromatic carbocycles. The molecule has 2 aliphatic heterocycles. The lowest BCUT2D eigenvalue weighted by Crippen LogP contribution is -2.42. The van der Waals surface area contributed by atoms with Crippen molar-refractivity contribution in [1.29, 1.82) is 0 Å². The van der Waals surface area contributed by atoms with Gasteiger partial charge in [0.1, 0.15) is 0 Å². The van der Waals surface area contributed by atoms with Gasteiger partial charge >= 0.3 is 0 Å². The molecule has 0 saturated carbocycles. The maximum Gasteiger partial charge on any atom is 0.274 e. The lowest BCUT2D eigenvalue weighted by Gasteiger charge is -2.29. The lowest BCUT2D eigenvalue weighted by molar-refractivity contribution is -0.134. The van der Waals surface area contributed by atoms with Crippen molar-refractivity contribution in [3.05, 3.63) is 52.8 Å². The van der Waals surface area contributed by atoms with E-state index in [-0.39, 0.29) is 30.6 Å². The highest BCUT2D eigenvalue weighted by Crippen LogP contribution is 2.24. The molecule has 1 fully saturated rings. The number of ether oxygens (including phenoxy) is 1. The molecule has 2 aliphatic rings. The Morgan fingerprint density at radius 1 is 1.03 bits per heavy atom. The number of aryl methyl sites for hydroxylation is 1. The first-order valence-electron chi connectivity index (χ1n) is 11.0. The van der Waals surface area contributed by atoms with Crippen molar-refractivity contribution >= 4 is 17.7 Å². The van der Waals surface area contributed by atoms with Crippen molar-refractivity contribution in [2.45, 2.75) is 32.4 Å². The number of amides is 3. The standard InChI is InChI=1S/C23H29N5O4/c1-26-19-9-10-28(16-18(19)22(25-26)23(31)27-11-13-32-14-12-27)21(30)8-7-20(29)24-15-17-5-3-2-4-6-17/h2-6H,7-16H2,1H3,(H,24,29). The van der Waals surface area contributed by atoms with E-state index in [4.69, 9.17) is 4.74 Å². The zero-order valence-electron chi connectivity index (χ0n) is 18.4. The third-order valence-corrected chi connectivity index (χ3v) is 5.99. The fourth-order valence-corrected chi connectivity index (χ4v) is 4.16. The Bertz CT molecular complexity index is 982. The molecule has 0 atom stereocenters. The molecule has 1 N–H and O–H groups in total. The van der Waals surface area contributed by atoms with Gasteiger partial charge in [-0.25, -0.2) is 0 Å². The van der Waals surface area contributed by atoms with Crippen molar-refractivity contribution in [3.63, 3.8) is 0 Å². The highest BCUT2D eigenvalue weighted by Gasteiger charge is 2.31. The summed E-state index contributed by atoms with van der Waals surface area (Å²) in [7, 11) is 1.84. The number of hydrogen-bond donors (Lipinski definition) is 1. The van der Waals surface area contributed by atoms with Gasteiger partial charge in [0.2, 0.25) is 11.8 Å². The van der Waals surface area contributed by atoms with Crippen LogP contribution in [0.3, 0.4) is 0 Å². The molecule has 0 unspecified atom stereocenters. The van der Waals surface area contributed by atoms with Crippen LogP contribution in [0.1, 0.15) is 40.2 Å². The van der Waals surface area contributed by atoms with Gasteiger partial charge in [0.05, 0.1) is 13.2 Å². The van der Waals surface area contributed by atoms with E-state index in [1.807, 2.05) is 37.4 Å². The molecule has 9 heteroatoms. The highest BCUT2D eigenvalue weighted by molar-refractivity contribution is 5.94. The molecule has 3 amide bonds. The van der Waals surface area contributed by atoms with Crippen molar-refractivity contribution < 1.29 is 19.1 Å². The smallest absolute Gasteiger partial charge is 0.274 e. The van der Waals surface area contributed by atoms with Crippen LogP contribution in [-0.4, -0.2) is 70.1 Å². The average molecular weight is 440 g/mol. The number of fused-ring (bicyclic) bond motifs is 1. The normalized spacial score (nSPS) is 15.9. The number of nitrogens with one attached hydrogen (secondary N) is 1. The van der Waals surface area contributed by atoms with Crippen LogP contribution in [0.5, 0.6) is 0 Å². The number of benzene rings is 1. The van der Waals surface area contributed by atoms with Gasteiger partial charge in [-0.1, -0.05) is 30.3 Å². The van der Waals surface area contributed by atoms with Crippen LogP contribution in [0.4, 0.5) is 0 Å². The third kappa shape index (κ3) is 4.99. The maximum absolute atomic E-state index is 13.0. The summed E-state index contributed by atoms with van der Waals surface area (Å²) in [5.41, 5.74) is 3.25. The first kappa shape index (κ1) is 22.0. The van der Waals surface area contributed by atoms with Gasteiger partial charge in [0, 0.05) is 70.3 Å². The van der Waals surface area contributed by atoms with Gasteiger partial charge in [-0.3, -0.25) is 19.1 Å². The van der Waals surface area contributed by atoms with Crippen molar-refractivity contribution in [2.75, 3.05) is 32.8 Å². The molecule has 170 valence electrons. The van der Waals surface area contributed by atoms with Gasteiger partial charge < -0.3 is 19.9 Å². The van der Waals surface area contributed by atoms with Crippen LogP contribution in [0.2, 0.25) is 0 Å². The van der Waals surface area contributed by atoms with E-state index in [2.05, 4.69) is 10.4 Å². The van der Waals surface area contributed by atoms with E-state index in [1.165, 1.54) is 0 Å². The van der Waals surface area contributed by atoms with E-state index >= 15 is 0 Å². The molecule has 0 radical (unpaired) electrons. The van der Waals surface area contributed by atoms with Crippen LogP contribution in [0.15, 0.2) is 30.3 Å². The van der Waals surface area contributed by atoms with Gasteiger partial charge in [-0.15, -0.1) is 0 Å². The SMILES string of the molecule is Cn1nc(C(=O)N2CCOCC2)c2c1CCN(C(=O)CCC(=O)NCc1ccccc1)C2. The maximum atomic E-state index is 13.0. The molecule has 9 nitrogen and oxygen atoms in total. The van der Waals surface area contributed by atoms with Crippen LogP contribution >= 0.6 is 0 Å². The minimum atomic E-state index is -0.149. The largest absolute Gasteiger partial charge is 0.378 e. The van der Waals surface area contributed by atoms with E-state index < -0.39 is 0 Å². The molecule has 0 bridgehead atoms. The van der Waals surface area contributed by atoms with Gasteiger partial charge in [0.15, 0.2) is 5.69 Å². The second-order valence-corrected chi connectivity index (χ2v) is 8.13. The molecular weight excluding hydrogens is 410 g/mol. The fraction of sp³-hybridized carbons (Fsp3) is 0.478. The Kier molecular flexibility index (Phi) is 6.84. The summed E-state index contributed by atoms with van der Waals surface area (Å²) >= 11 is 0. The van der Waals surface area contributed by atoms with Crippen LogP contribution in [0.25, 0.3) is 0 Å². The predicted molar refractivity (Wildman–Crippen MR) is 117 cm³/mol. The lowest BCUT2D eigenvalue weighted by atomic mass is 10.0. The Hall–Kier alpha value is -3.20. The Balaban J connectivity index is 1.33. The summed E-state index contributed by atoms with van der Waals surface area (Å²) in [4.78, 5) is 41.4. The van der Waals surface area contributed by atoms with Crippen molar-refractivity contribution in [2.24, 2.45) is 7.05 Å². The number of carbonyl (C=O) groups excluding carboxylic acids is 3. The quantitative estimate of drug-likeness (QED) is 0.721.